The van der Waals surface area contributed by atoms with Crippen LogP contribution in [0.4, 0.5) is 5.69 Å². The molecule has 114 valence electrons. The average molecular weight is 298 g/mol. The molecule has 1 atom stereocenters. The van der Waals surface area contributed by atoms with Crippen molar-refractivity contribution in [2.45, 2.75) is 12.6 Å². The Hall–Kier alpha value is -2.53. The van der Waals surface area contributed by atoms with Gasteiger partial charge in [0.05, 0.1) is 12.2 Å². The summed E-state index contributed by atoms with van der Waals surface area (Å²) < 4.78 is 5.67. The van der Waals surface area contributed by atoms with Crippen LogP contribution in [0.15, 0.2) is 48.5 Å². The van der Waals surface area contributed by atoms with Crippen molar-refractivity contribution in [3.8, 4) is 5.75 Å². The summed E-state index contributed by atoms with van der Waals surface area (Å²) in [5.74, 6) is -0.182. The molecule has 5 nitrogen and oxygen atoms in total. The molecule has 1 unspecified atom stereocenters. The fourth-order valence-electron chi connectivity index (χ4n) is 2.77. The molecule has 2 aromatic rings. The van der Waals surface area contributed by atoms with Crippen LogP contribution in [0.5, 0.6) is 5.75 Å². The molecular formula is C17H18N2O3. The summed E-state index contributed by atoms with van der Waals surface area (Å²) >= 11 is 0. The molecular weight excluding hydrogens is 280 g/mol. The highest BCUT2D eigenvalue weighted by Gasteiger charge is 2.31. The number of anilines is 1. The zero-order chi connectivity index (χ0) is 15.5. The van der Waals surface area contributed by atoms with Gasteiger partial charge >= 0.3 is 5.97 Å². The van der Waals surface area contributed by atoms with Gasteiger partial charge in [-0.15, -0.1) is 0 Å². The maximum absolute atomic E-state index is 11.8. The predicted octanol–water partition coefficient (Wildman–Crippen LogP) is 2.17. The number of hydrogen-bond donors (Lipinski definition) is 2. The van der Waals surface area contributed by atoms with E-state index in [-0.39, 0.29) is 0 Å². The fraction of sp³-hybridized carbons (Fsp3) is 0.235. The molecule has 2 aromatic carbocycles. The van der Waals surface area contributed by atoms with E-state index in [0.717, 1.165) is 16.8 Å². The molecule has 0 saturated carbocycles. The van der Waals surface area contributed by atoms with Gasteiger partial charge in [0.15, 0.2) is 6.04 Å². The van der Waals surface area contributed by atoms with Crippen molar-refractivity contribution >= 4 is 11.7 Å². The van der Waals surface area contributed by atoms with E-state index >= 15 is 0 Å². The quantitative estimate of drug-likeness (QED) is 0.904. The molecule has 0 fully saturated rings. The fourth-order valence-corrected chi connectivity index (χ4v) is 2.77. The third-order valence-electron chi connectivity index (χ3n) is 3.82. The third-order valence-corrected chi connectivity index (χ3v) is 3.82. The van der Waals surface area contributed by atoms with Crippen molar-refractivity contribution in [1.29, 1.82) is 0 Å². The minimum Gasteiger partial charge on any atom is -0.490 e. The number of nitrogens with two attached hydrogens (primary N) is 1. The molecule has 3 N–H and O–H groups in total. The smallest absolute Gasteiger partial charge is 0.331 e. The number of ether oxygens (including phenoxy) is 1. The average Bonchev–Trinajstić information content (AvgIpc) is 2.55. The van der Waals surface area contributed by atoms with Crippen LogP contribution in [0.2, 0.25) is 0 Å². The lowest BCUT2D eigenvalue weighted by atomic mass is 10.0. The Balaban J connectivity index is 2.03. The molecule has 0 amide bonds. The molecule has 0 saturated heterocycles. The lowest BCUT2D eigenvalue weighted by Crippen LogP contribution is -2.39. The molecule has 0 radical (unpaired) electrons. The van der Waals surface area contributed by atoms with E-state index in [1.807, 2.05) is 53.4 Å². The lowest BCUT2D eigenvalue weighted by Gasteiger charge is -2.36. The highest BCUT2D eigenvalue weighted by atomic mass is 16.5. The molecule has 1 heterocycles. The Kier molecular flexibility index (Phi) is 3.98. The number of rotatable bonds is 4. The van der Waals surface area contributed by atoms with E-state index in [9.17, 15) is 9.90 Å². The lowest BCUT2D eigenvalue weighted by molar-refractivity contribution is -0.138. The molecule has 22 heavy (non-hydrogen) atoms. The minimum atomic E-state index is -0.873. The first kappa shape index (κ1) is 14.4. The van der Waals surface area contributed by atoms with Crippen molar-refractivity contribution in [1.82, 2.24) is 0 Å². The van der Waals surface area contributed by atoms with Gasteiger partial charge in [0.2, 0.25) is 0 Å². The Bertz CT molecular complexity index is 673. The van der Waals surface area contributed by atoms with E-state index in [0.29, 0.717) is 25.4 Å². The zero-order valence-corrected chi connectivity index (χ0v) is 12.1. The van der Waals surface area contributed by atoms with Gasteiger partial charge in [0.1, 0.15) is 12.4 Å². The maximum atomic E-state index is 11.8. The van der Waals surface area contributed by atoms with Crippen molar-refractivity contribution < 1.29 is 14.6 Å². The molecule has 0 bridgehead atoms. The molecule has 1 aliphatic rings. The summed E-state index contributed by atoms with van der Waals surface area (Å²) in [5, 5.41) is 9.70. The van der Waals surface area contributed by atoms with Crippen molar-refractivity contribution in [3.05, 3.63) is 59.7 Å². The summed E-state index contributed by atoms with van der Waals surface area (Å²) in [5.41, 5.74) is 8.17. The number of carbonyl (C=O) groups is 1. The van der Waals surface area contributed by atoms with Gasteiger partial charge in [-0.05, 0) is 23.3 Å². The van der Waals surface area contributed by atoms with Gasteiger partial charge in [-0.25, -0.2) is 4.79 Å². The normalized spacial score (nSPS) is 14.9. The predicted molar refractivity (Wildman–Crippen MR) is 84.0 cm³/mol. The van der Waals surface area contributed by atoms with Crippen LogP contribution in [0.1, 0.15) is 17.2 Å². The maximum Gasteiger partial charge on any atom is 0.331 e. The SMILES string of the molecule is NCc1ccc2c(c1)OCCN2C(C(=O)O)c1ccccc1. The number of aliphatic carboxylic acids is 1. The van der Waals surface area contributed by atoms with Gasteiger partial charge in [-0.1, -0.05) is 36.4 Å². The highest BCUT2D eigenvalue weighted by Crippen LogP contribution is 2.37. The van der Waals surface area contributed by atoms with E-state index in [1.54, 1.807) is 0 Å². The summed E-state index contributed by atoms with van der Waals surface area (Å²) in [4.78, 5) is 13.7. The van der Waals surface area contributed by atoms with Gasteiger partial charge < -0.3 is 20.5 Å². The number of hydrogen-bond acceptors (Lipinski definition) is 4. The van der Waals surface area contributed by atoms with Crippen molar-refractivity contribution in [2.75, 3.05) is 18.1 Å². The second-order valence-electron chi connectivity index (χ2n) is 5.20. The van der Waals surface area contributed by atoms with E-state index in [2.05, 4.69) is 0 Å². The Labute approximate surface area is 128 Å². The molecule has 0 spiro atoms. The molecule has 5 heteroatoms. The van der Waals surface area contributed by atoms with E-state index in [4.69, 9.17) is 10.5 Å². The minimum absolute atomic E-state index is 0.428. The number of carboxylic acid groups (broad SMARTS) is 1. The first-order valence-corrected chi connectivity index (χ1v) is 7.21. The topological polar surface area (TPSA) is 75.8 Å². The van der Waals surface area contributed by atoms with Crippen molar-refractivity contribution in [2.24, 2.45) is 5.73 Å². The van der Waals surface area contributed by atoms with Crippen LogP contribution in [0.3, 0.4) is 0 Å². The van der Waals surface area contributed by atoms with Crippen LogP contribution < -0.4 is 15.4 Å². The first-order chi connectivity index (χ1) is 10.7. The first-order valence-electron chi connectivity index (χ1n) is 7.21. The van der Waals surface area contributed by atoms with Crippen LogP contribution in [-0.2, 0) is 11.3 Å². The van der Waals surface area contributed by atoms with Gasteiger partial charge in [0.25, 0.3) is 0 Å². The van der Waals surface area contributed by atoms with Gasteiger partial charge in [-0.2, -0.15) is 0 Å². The summed E-state index contributed by atoms with van der Waals surface area (Å²) in [7, 11) is 0. The van der Waals surface area contributed by atoms with Crippen LogP contribution >= 0.6 is 0 Å². The number of carboxylic acids is 1. The Morgan fingerprint density at radius 3 is 2.73 bits per heavy atom. The molecule has 3 rings (SSSR count). The number of fused-ring (bicyclic) bond motifs is 1. The third kappa shape index (κ3) is 2.63. The summed E-state index contributed by atoms with van der Waals surface area (Å²) in [6.07, 6.45) is 0. The Morgan fingerprint density at radius 2 is 2.05 bits per heavy atom. The largest absolute Gasteiger partial charge is 0.490 e. The standard InChI is InChI=1S/C17H18N2O3/c18-11-12-6-7-14-15(10-12)22-9-8-19(14)16(17(20)21)13-4-2-1-3-5-13/h1-7,10,16H,8-9,11,18H2,(H,20,21). The second-order valence-corrected chi connectivity index (χ2v) is 5.20. The molecule has 1 aliphatic heterocycles. The second kappa shape index (κ2) is 6.07. The van der Waals surface area contributed by atoms with E-state index in [1.165, 1.54) is 0 Å². The van der Waals surface area contributed by atoms with E-state index < -0.39 is 12.0 Å². The molecule has 0 aromatic heterocycles. The van der Waals surface area contributed by atoms with Gasteiger partial charge in [0, 0.05) is 6.54 Å². The van der Waals surface area contributed by atoms with Gasteiger partial charge in [-0.3, -0.25) is 0 Å². The Morgan fingerprint density at radius 1 is 1.27 bits per heavy atom. The van der Waals surface area contributed by atoms with Crippen LogP contribution in [0.25, 0.3) is 0 Å². The van der Waals surface area contributed by atoms with Crippen LogP contribution in [0, 0.1) is 0 Å². The van der Waals surface area contributed by atoms with Crippen LogP contribution in [-0.4, -0.2) is 24.2 Å². The highest BCUT2D eigenvalue weighted by molar-refractivity contribution is 5.81. The summed E-state index contributed by atoms with van der Waals surface area (Å²) in [6.45, 7) is 1.41. The summed E-state index contributed by atoms with van der Waals surface area (Å²) in [6, 6.07) is 14.2. The number of benzene rings is 2. The monoisotopic (exact) mass is 298 g/mol. The van der Waals surface area contributed by atoms with Crippen molar-refractivity contribution in [3.63, 3.8) is 0 Å². The zero-order valence-electron chi connectivity index (χ0n) is 12.1. The molecule has 0 aliphatic carbocycles. The number of nitrogens with zero attached hydrogens (tertiary/aromatic N) is 1.